The molecular formula is C14H20N2O3. The lowest BCUT2D eigenvalue weighted by Crippen LogP contribution is -2.39. The van der Waals surface area contributed by atoms with Crippen LogP contribution in [-0.4, -0.2) is 36.9 Å². The van der Waals surface area contributed by atoms with Gasteiger partial charge in [-0.2, -0.15) is 0 Å². The minimum atomic E-state index is -0.988. The zero-order valence-electron chi connectivity index (χ0n) is 11.1. The van der Waals surface area contributed by atoms with Gasteiger partial charge in [-0.3, -0.25) is 0 Å². The maximum absolute atomic E-state index is 11.1. The second kappa shape index (κ2) is 5.93. The smallest absolute Gasteiger partial charge is 0.337 e. The largest absolute Gasteiger partial charge is 0.478 e. The summed E-state index contributed by atoms with van der Waals surface area (Å²) in [6.07, 6.45) is 2.34. The van der Waals surface area contributed by atoms with Gasteiger partial charge in [-0.05, 0) is 38.0 Å². The van der Waals surface area contributed by atoms with Gasteiger partial charge in [0.1, 0.15) is 0 Å². The van der Waals surface area contributed by atoms with Crippen molar-refractivity contribution in [1.29, 1.82) is 0 Å². The number of rotatable bonds is 4. The Hall–Kier alpha value is -1.75. The molecule has 1 heterocycles. The average Bonchev–Trinajstić information content (AvgIpc) is 2.39. The maximum atomic E-state index is 11.1. The van der Waals surface area contributed by atoms with Crippen molar-refractivity contribution in [2.24, 2.45) is 0 Å². The highest BCUT2D eigenvalue weighted by Gasteiger charge is 2.21. The Morgan fingerprint density at radius 3 is 3.05 bits per heavy atom. The molecule has 5 heteroatoms. The molecule has 0 amide bonds. The predicted molar refractivity (Wildman–Crippen MR) is 74.7 cm³/mol. The molecule has 1 unspecified atom stereocenters. The number of nitrogen functional groups attached to an aromatic ring is 1. The first-order valence-corrected chi connectivity index (χ1v) is 6.61. The highest BCUT2D eigenvalue weighted by atomic mass is 16.5. The standard InChI is InChI=1S/C14H20N2O3/c1-2-19-11-4-3-7-16(9-11)10-5-6-13(15)12(8-10)14(17)18/h5-6,8,11H,2-4,7,9,15H2,1H3,(H,17,18). The van der Waals surface area contributed by atoms with Crippen molar-refractivity contribution in [3.63, 3.8) is 0 Å². The number of ether oxygens (including phenoxy) is 1. The van der Waals surface area contributed by atoms with E-state index >= 15 is 0 Å². The van der Waals surface area contributed by atoms with Crippen LogP contribution in [0.3, 0.4) is 0 Å². The summed E-state index contributed by atoms with van der Waals surface area (Å²) in [4.78, 5) is 13.3. The van der Waals surface area contributed by atoms with Crippen LogP contribution in [-0.2, 0) is 4.74 Å². The molecule has 104 valence electrons. The van der Waals surface area contributed by atoms with Gasteiger partial charge in [0.05, 0.1) is 11.7 Å². The molecule has 2 rings (SSSR count). The van der Waals surface area contributed by atoms with Crippen LogP contribution in [0.5, 0.6) is 0 Å². The Kier molecular flexibility index (Phi) is 4.27. The molecule has 5 nitrogen and oxygen atoms in total. The van der Waals surface area contributed by atoms with Crippen LogP contribution in [0.15, 0.2) is 18.2 Å². The summed E-state index contributed by atoms with van der Waals surface area (Å²) >= 11 is 0. The minimum Gasteiger partial charge on any atom is -0.478 e. The van der Waals surface area contributed by atoms with E-state index in [2.05, 4.69) is 4.90 Å². The Bertz CT molecular complexity index is 460. The number of aromatic carboxylic acids is 1. The molecule has 1 atom stereocenters. The zero-order valence-corrected chi connectivity index (χ0v) is 11.1. The molecule has 0 bridgehead atoms. The van der Waals surface area contributed by atoms with Gasteiger partial charge >= 0.3 is 5.97 Å². The Balaban J connectivity index is 2.17. The molecule has 1 fully saturated rings. The first-order chi connectivity index (χ1) is 9.11. The summed E-state index contributed by atoms with van der Waals surface area (Å²) in [5, 5.41) is 9.10. The summed E-state index contributed by atoms with van der Waals surface area (Å²) < 4.78 is 5.65. The summed E-state index contributed by atoms with van der Waals surface area (Å²) in [5.41, 5.74) is 7.03. The number of carbonyl (C=O) groups is 1. The van der Waals surface area contributed by atoms with Crippen molar-refractivity contribution in [2.75, 3.05) is 30.3 Å². The van der Waals surface area contributed by atoms with E-state index in [-0.39, 0.29) is 11.7 Å². The number of nitrogens with two attached hydrogens (primary N) is 1. The van der Waals surface area contributed by atoms with Crippen LogP contribution in [0, 0.1) is 0 Å². The van der Waals surface area contributed by atoms with E-state index < -0.39 is 5.97 Å². The van der Waals surface area contributed by atoms with Gasteiger partial charge in [0.15, 0.2) is 0 Å². The van der Waals surface area contributed by atoms with Crippen LogP contribution in [0.4, 0.5) is 11.4 Å². The van der Waals surface area contributed by atoms with Gasteiger partial charge in [0.2, 0.25) is 0 Å². The molecule has 0 aliphatic carbocycles. The highest BCUT2D eigenvalue weighted by molar-refractivity contribution is 5.94. The fourth-order valence-electron chi connectivity index (χ4n) is 2.47. The molecular weight excluding hydrogens is 244 g/mol. The Morgan fingerprint density at radius 2 is 2.37 bits per heavy atom. The molecule has 0 aromatic heterocycles. The zero-order chi connectivity index (χ0) is 13.8. The summed E-state index contributed by atoms with van der Waals surface area (Å²) in [6.45, 7) is 4.43. The van der Waals surface area contributed by atoms with Crippen molar-refractivity contribution in [3.05, 3.63) is 23.8 Å². The van der Waals surface area contributed by atoms with Crippen LogP contribution in [0.25, 0.3) is 0 Å². The van der Waals surface area contributed by atoms with Gasteiger partial charge in [-0.1, -0.05) is 0 Å². The number of hydrogen-bond acceptors (Lipinski definition) is 4. The fourth-order valence-corrected chi connectivity index (χ4v) is 2.47. The van der Waals surface area contributed by atoms with Crippen molar-refractivity contribution in [1.82, 2.24) is 0 Å². The number of anilines is 2. The molecule has 1 aromatic rings. The van der Waals surface area contributed by atoms with Crippen molar-refractivity contribution in [2.45, 2.75) is 25.9 Å². The average molecular weight is 264 g/mol. The highest BCUT2D eigenvalue weighted by Crippen LogP contribution is 2.25. The van der Waals surface area contributed by atoms with E-state index in [1.54, 1.807) is 12.1 Å². The number of benzene rings is 1. The summed E-state index contributed by atoms with van der Waals surface area (Å²) in [7, 11) is 0. The number of hydrogen-bond donors (Lipinski definition) is 2. The lowest BCUT2D eigenvalue weighted by molar-refractivity contribution is 0.0527. The summed E-state index contributed by atoms with van der Waals surface area (Å²) in [5.74, 6) is -0.988. The molecule has 0 saturated carbocycles. The number of nitrogens with zero attached hydrogens (tertiary/aromatic N) is 1. The van der Waals surface area contributed by atoms with Gasteiger partial charge in [0, 0.05) is 31.1 Å². The lowest BCUT2D eigenvalue weighted by Gasteiger charge is -2.34. The van der Waals surface area contributed by atoms with Crippen LogP contribution < -0.4 is 10.6 Å². The molecule has 19 heavy (non-hydrogen) atoms. The first-order valence-electron chi connectivity index (χ1n) is 6.61. The molecule has 3 N–H and O–H groups in total. The van der Waals surface area contributed by atoms with Crippen molar-refractivity contribution >= 4 is 17.3 Å². The third-order valence-corrected chi connectivity index (χ3v) is 3.41. The van der Waals surface area contributed by atoms with Gasteiger partial charge < -0.3 is 20.5 Å². The van der Waals surface area contributed by atoms with E-state index in [4.69, 9.17) is 15.6 Å². The lowest BCUT2D eigenvalue weighted by atomic mass is 10.1. The molecule has 1 aliphatic rings. The van der Waals surface area contributed by atoms with Crippen LogP contribution >= 0.6 is 0 Å². The third-order valence-electron chi connectivity index (χ3n) is 3.41. The van der Waals surface area contributed by atoms with Gasteiger partial charge in [-0.25, -0.2) is 4.79 Å². The quantitative estimate of drug-likeness (QED) is 0.813. The van der Waals surface area contributed by atoms with Crippen LogP contribution in [0.1, 0.15) is 30.1 Å². The monoisotopic (exact) mass is 264 g/mol. The molecule has 1 aliphatic heterocycles. The Labute approximate surface area is 113 Å². The maximum Gasteiger partial charge on any atom is 0.337 e. The number of carboxylic acids is 1. The first kappa shape index (κ1) is 13.7. The molecule has 0 spiro atoms. The van der Waals surface area contributed by atoms with Crippen molar-refractivity contribution < 1.29 is 14.6 Å². The van der Waals surface area contributed by atoms with E-state index in [1.807, 2.05) is 13.0 Å². The Morgan fingerprint density at radius 1 is 1.58 bits per heavy atom. The van der Waals surface area contributed by atoms with E-state index in [1.165, 1.54) is 0 Å². The number of carboxylic acid groups (broad SMARTS) is 1. The number of piperidine rings is 1. The fraction of sp³-hybridized carbons (Fsp3) is 0.500. The SMILES string of the molecule is CCOC1CCCN(c2ccc(N)c(C(=O)O)c2)C1. The summed E-state index contributed by atoms with van der Waals surface area (Å²) in [6, 6.07) is 5.17. The second-order valence-electron chi connectivity index (χ2n) is 4.74. The van der Waals surface area contributed by atoms with Crippen molar-refractivity contribution in [3.8, 4) is 0 Å². The third kappa shape index (κ3) is 3.17. The minimum absolute atomic E-state index is 0.163. The van der Waals surface area contributed by atoms with E-state index in [0.717, 1.165) is 31.6 Å². The normalized spacial score (nSPS) is 19.4. The second-order valence-corrected chi connectivity index (χ2v) is 4.74. The van der Waals surface area contributed by atoms with Crippen LogP contribution in [0.2, 0.25) is 0 Å². The molecule has 1 saturated heterocycles. The predicted octanol–water partition coefficient (Wildman–Crippen LogP) is 1.97. The molecule has 0 radical (unpaired) electrons. The van der Waals surface area contributed by atoms with E-state index in [9.17, 15) is 4.79 Å². The van der Waals surface area contributed by atoms with E-state index in [0.29, 0.717) is 12.3 Å². The van der Waals surface area contributed by atoms with Gasteiger partial charge in [-0.15, -0.1) is 0 Å². The topological polar surface area (TPSA) is 75.8 Å². The van der Waals surface area contributed by atoms with Gasteiger partial charge in [0.25, 0.3) is 0 Å². The molecule has 1 aromatic carbocycles.